The van der Waals surface area contributed by atoms with Crippen molar-refractivity contribution >= 4 is 39.1 Å². The SMILES string of the molecule is COc1ccc(Cl)cc1C(=O)NNS(=O)(=O)c1ccc2c(c1)CCC(=O)N2. The second-order valence-corrected chi connectivity index (χ2v) is 7.89. The lowest BCUT2D eigenvalue weighted by Gasteiger charge is -2.18. The number of rotatable bonds is 5. The summed E-state index contributed by atoms with van der Waals surface area (Å²) in [6.45, 7) is 0. The minimum atomic E-state index is -4.01. The van der Waals surface area contributed by atoms with Gasteiger partial charge in [0.1, 0.15) is 5.75 Å². The number of ether oxygens (including phenoxy) is 1. The summed E-state index contributed by atoms with van der Waals surface area (Å²) >= 11 is 5.88. The molecule has 0 atom stereocenters. The number of benzene rings is 2. The van der Waals surface area contributed by atoms with E-state index in [1.807, 2.05) is 4.83 Å². The molecule has 142 valence electrons. The number of carbonyl (C=O) groups excluding carboxylic acids is 2. The molecule has 0 spiro atoms. The van der Waals surface area contributed by atoms with Crippen LogP contribution in [0.25, 0.3) is 0 Å². The van der Waals surface area contributed by atoms with Crippen molar-refractivity contribution in [1.82, 2.24) is 10.3 Å². The zero-order valence-corrected chi connectivity index (χ0v) is 15.8. The van der Waals surface area contributed by atoms with Crippen molar-refractivity contribution in [2.24, 2.45) is 0 Å². The standard InChI is InChI=1S/C17H16ClN3O5S/c1-26-15-6-3-11(18)9-13(15)17(23)20-21-27(24,25)12-4-5-14-10(8-12)2-7-16(22)19-14/h3-6,8-9,21H,2,7H2,1H3,(H,19,22)(H,20,23). The van der Waals surface area contributed by atoms with Gasteiger partial charge in [0.2, 0.25) is 5.91 Å². The minimum Gasteiger partial charge on any atom is -0.496 e. The fraction of sp³-hybridized carbons (Fsp3) is 0.176. The highest BCUT2D eigenvalue weighted by atomic mass is 35.5. The third kappa shape index (κ3) is 4.21. The molecule has 0 radical (unpaired) electrons. The van der Waals surface area contributed by atoms with Gasteiger partial charge >= 0.3 is 0 Å². The lowest BCUT2D eigenvalue weighted by molar-refractivity contribution is -0.116. The first-order valence-corrected chi connectivity index (χ1v) is 9.75. The molecule has 0 bridgehead atoms. The van der Waals surface area contributed by atoms with Gasteiger partial charge in [-0.25, -0.2) is 8.42 Å². The third-order valence-corrected chi connectivity index (χ3v) is 5.47. The van der Waals surface area contributed by atoms with Crippen molar-refractivity contribution in [2.45, 2.75) is 17.7 Å². The minimum absolute atomic E-state index is 0.0317. The van der Waals surface area contributed by atoms with Crippen LogP contribution in [0, 0.1) is 0 Å². The first-order valence-electron chi connectivity index (χ1n) is 7.88. The second-order valence-electron chi connectivity index (χ2n) is 5.77. The summed E-state index contributed by atoms with van der Waals surface area (Å²) in [6, 6.07) is 8.74. The molecular formula is C17H16ClN3O5S. The molecule has 2 aromatic carbocycles. The average Bonchev–Trinajstić information content (AvgIpc) is 2.65. The van der Waals surface area contributed by atoms with Crippen molar-refractivity contribution < 1.29 is 22.7 Å². The van der Waals surface area contributed by atoms with Crippen LogP contribution >= 0.6 is 11.6 Å². The second kappa shape index (κ2) is 7.55. The zero-order chi connectivity index (χ0) is 19.6. The Bertz CT molecular complexity index is 1020. The number of nitrogens with one attached hydrogen (secondary N) is 3. The van der Waals surface area contributed by atoms with Gasteiger partial charge < -0.3 is 10.1 Å². The van der Waals surface area contributed by atoms with Crippen LogP contribution in [0.4, 0.5) is 5.69 Å². The topological polar surface area (TPSA) is 114 Å². The molecule has 3 rings (SSSR count). The Morgan fingerprint density at radius 1 is 1.19 bits per heavy atom. The van der Waals surface area contributed by atoms with Crippen molar-refractivity contribution in [2.75, 3.05) is 12.4 Å². The van der Waals surface area contributed by atoms with Crippen LogP contribution in [0.3, 0.4) is 0 Å². The molecule has 2 aromatic rings. The Kier molecular flexibility index (Phi) is 5.36. The molecule has 0 saturated heterocycles. The van der Waals surface area contributed by atoms with Crippen LogP contribution in [0.5, 0.6) is 5.75 Å². The highest BCUT2D eigenvalue weighted by Gasteiger charge is 2.21. The summed E-state index contributed by atoms with van der Waals surface area (Å²) in [7, 11) is -2.62. The van der Waals surface area contributed by atoms with Gasteiger partial charge in [0.25, 0.3) is 15.9 Å². The summed E-state index contributed by atoms with van der Waals surface area (Å²) in [4.78, 5) is 25.7. The van der Waals surface area contributed by atoms with E-state index in [9.17, 15) is 18.0 Å². The number of halogens is 1. The smallest absolute Gasteiger partial charge is 0.270 e. The van der Waals surface area contributed by atoms with Crippen molar-refractivity contribution in [3.63, 3.8) is 0 Å². The van der Waals surface area contributed by atoms with Gasteiger partial charge in [-0.1, -0.05) is 11.6 Å². The van der Waals surface area contributed by atoms with Crippen molar-refractivity contribution in [1.29, 1.82) is 0 Å². The van der Waals surface area contributed by atoms with E-state index >= 15 is 0 Å². The number of anilines is 1. The Labute approximate surface area is 160 Å². The fourth-order valence-corrected chi connectivity index (χ4v) is 3.69. The van der Waals surface area contributed by atoms with Crippen molar-refractivity contribution in [3.05, 3.63) is 52.5 Å². The lowest BCUT2D eigenvalue weighted by Crippen LogP contribution is -2.41. The van der Waals surface area contributed by atoms with Gasteiger partial charge in [0.15, 0.2) is 0 Å². The summed E-state index contributed by atoms with van der Waals surface area (Å²) in [5.41, 5.74) is 3.52. The molecule has 0 fully saturated rings. The predicted molar refractivity (Wildman–Crippen MR) is 99.2 cm³/mol. The molecule has 0 aliphatic carbocycles. The number of hydrogen-bond acceptors (Lipinski definition) is 5. The normalized spacial score (nSPS) is 13.5. The van der Waals surface area contributed by atoms with Crippen LogP contribution < -0.4 is 20.3 Å². The number of aryl methyl sites for hydroxylation is 1. The van der Waals surface area contributed by atoms with E-state index < -0.39 is 15.9 Å². The molecule has 1 heterocycles. The first kappa shape index (κ1) is 19.2. The van der Waals surface area contributed by atoms with Crippen LogP contribution in [-0.4, -0.2) is 27.3 Å². The molecular weight excluding hydrogens is 394 g/mol. The molecule has 1 aliphatic heterocycles. The number of methoxy groups -OCH3 is 1. The van der Waals surface area contributed by atoms with Crippen LogP contribution in [0.15, 0.2) is 41.3 Å². The summed E-state index contributed by atoms with van der Waals surface area (Å²) < 4.78 is 30.0. The Balaban J connectivity index is 1.77. The Morgan fingerprint density at radius 3 is 2.70 bits per heavy atom. The summed E-state index contributed by atoms with van der Waals surface area (Å²) in [5.74, 6) is -0.581. The maximum atomic E-state index is 12.5. The molecule has 10 heteroatoms. The maximum absolute atomic E-state index is 12.5. The highest BCUT2D eigenvalue weighted by Crippen LogP contribution is 2.25. The molecule has 0 unspecified atom stereocenters. The Hall–Kier alpha value is -2.62. The monoisotopic (exact) mass is 409 g/mol. The molecule has 8 nitrogen and oxygen atoms in total. The Morgan fingerprint density at radius 2 is 1.96 bits per heavy atom. The van der Waals surface area contributed by atoms with Gasteiger partial charge in [-0.2, -0.15) is 0 Å². The van der Waals surface area contributed by atoms with Crippen molar-refractivity contribution in [3.8, 4) is 5.75 Å². The van der Waals surface area contributed by atoms with Gasteiger partial charge in [0, 0.05) is 17.1 Å². The average molecular weight is 410 g/mol. The molecule has 2 amide bonds. The number of carbonyl (C=O) groups is 2. The van der Waals surface area contributed by atoms with Crippen LogP contribution in [-0.2, 0) is 21.2 Å². The van der Waals surface area contributed by atoms with E-state index in [2.05, 4.69) is 10.7 Å². The largest absolute Gasteiger partial charge is 0.496 e. The van der Waals surface area contributed by atoms with Gasteiger partial charge in [-0.15, -0.1) is 4.83 Å². The van der Waals surface area contributed by atoms with E-state index in [-0.39, 0.29) is 28.5 Å². The zero-order valence-electron chi connectivity index (χ0n) is 14.2. The number of sulfonamides is 1. The van der Waals surface area contributed by atoms with Crippen LogP contribution in [0.1, 0.15) is 22.3 Å². The molecule has 0 aromatic heterocycles. The quantitative estimate of drug-likeness (QED) is 0.652. The number of amides is 2. The van der Waals surface area contributed by atoms with Crippen LogP contribution in [0.2, 0.25) is 5.02 Å². The number of fused-ring (bicyclic) bond motifs is 1. The first-order chi connectivity index (χ1) is 12.8. The van der Waals surface area contributed by atoms with E-state index in [4.69, 9.17) is 16.3 Å². The number of hydrogen-bond donors (Lipinski definition) is 3. The number of hydrazine groups is 1. The van der Waals surface area contributed by atoms with E-state index in [0.29, 0.717) is 22.7 Å². The van der Waals surface area contributed by atoms with Gasteiger partial charge in [-0.05, 0) is 48.4 Å². The molecule has 27 heavy (non-hydrogen) atoms. The van der Waals surface area contributed by atoms with E-state index in [1.54, 1.807) is 6.07 Å². The lowest BCUT2D eigenvalue weighted by atomic mass is 10.0. The molecule has 1 aliphatic rings. The highest BCUT2D eigenvalue weighted by molar-refractivity contribution is 7.89. The fourth-order valence-electron chi connectivity index (χ4n) is 2.62. The predicted octanol–water partition coefficient (Wildman–Crippen LogP) is 1.86. The summed E-state index contributed by atoms with van der Waals surface area (Å²) in [6.07, 6.45) is 0.728. The molecule has 3 N–H and O–H groups in total. The third-order valence-electron chi connectivity index (χ3n) is 3.99. The van der Waals surface area contributed by atoms with Gasteiger partial charge in [0.05, 0.1) is 17.6 Å². The summed E-state index contributed by atoms with van der Waals surface area (Å²) in [5, 5.41) is 2.98. The van der Waals surface area contributed by atoms with E-state index in [0.717, 1.165) is 0 Å². The maximum Gasteiger partial charge on any atom is 0.270 e. The van der Waals surface area contributed by atoms with E-state index in [1.165, 1.54) is 37.4 Å². The van der Waals surface area contributed by atoms with Gasteiger partial charge in [-0.3, -0.25) is 15.0 Å². The molecule has 0 saturated carbocycles.